The van der Waals surface area contributed by atoms with Crippen LogP contribution in [0, 0.1) is 29.3 Å². The second-order valence-corrected chi connectivity index (χ2v) is 6.38. The summed E-state index contributed by atoms with van der Waals surface area (Å²) in [5.74, 6) is 4.12. The van der Waals surface area contributed by atoms with Crippen LogP contribution < -0.4 is 5.32 Å². The third-order valence-electron chi connectivity index (χ3n) is 4.39. The van der Waals surface area contributed by atoms with E-state index in [1.54, 1.807) is 18.2 Å². The number of pyridine rings is 1. The molecule has 2 atom stereocenters. The molecule has 0 spiro atoms. The first kappa shape index (κ1) is 18.6. The summed E-state index contributed by atoms with van der Waals surface area (Å²) in [5.41, 5.74) is 1.60. The molecule has 4 rings (SSSR count). The lowest BCUT2D eigenvalue weighted by Crippen LogP contribution is -2.20. The summed E-state index contributed by atoms with van der Waals surface area (Å²) in [6.07, 6.45) is 1.22. The van der Waals surface area contributed by atoms with Gasteiger partial charge in [0.15, 0.2) is 6.10 Å². The molecule has 144 valence electrons. The molecule has 4 nitrogen and oxygen atoms in total. The molecule has 1 aliphatic heterocycles. The Bertz CT molecular complexity index is 1140. The van der Waals surface area contributed by atoms with Crippen molar-refractivity contribution in [1.29, 1.82) is 0 Å². The summed E-state index contributed by atoms with van der Waals surface area (Å²) >= 11 is 0. The van der Waals surface area contributed by atoms with Gasteiger partial charge in [-0.3, -0.25) is 4.98 Å². The fourth-order valence-corrected chi connectivity index (χ4v) is 3.03. The molecule has 0 saturated carbocycles. The van der Waals surface area contributed by atoms with E-state index in [0.717, 1.165) is 18.2 Å². The Morgan fingerprint density at radius 1 is 0.897 bits per heavy atom. The lowest BCUT2D eigenvalue weighted by atomic mass is 9.96. The topological polar surface area (TPSA) is 51.2 Å². The van der Waals surface area contributed by atoms with Gasteiger partial charge in [-0.25, -0.2) is 18.0 Å². The van der Waals surface area contributed by atoms with Gasteiger partial charge in [-0.2, -0.15) is 0 Å². The summed E-state index contributed by atoms with van der Waals surface area (Å²) in [6.45, 7) is 0. The molecular weight excluding hydrogens is 381 g/mol. The van der Waals surface area contributed by atoms with Gasteiger partial charge in [0.1, 0.15) is 23.5 Å². The normalized spacial score (nSPS) is 17.8. The number of rotatable bonds is 2. The lowest BCUT2D eigenvalue weighted by Gasteiger charge is -2.18. The molecule has 2 aromatic carbocycles. The van der Waals surface area contributed by atoms with Crippen molar-refractivity contribution in [2.24, 2.45) is 0 Å². The first-order valence-corrected chi connectivity index (χ1v) is 8.64. The van der Waals surface area contributed by atoms with Crippen molar-refractivity contribution in [2.75, 3.05) is 0 Å². The van der Waals surface area contributed by atoms with E-state index in [9.17, 15) is 18.0 Å². The molecular formula is C22H13F3N2O2. The molecule has 1 aromatic heterocycles. The van der Waals surface area contributed by atoms with Gasteiger partial charge in [-0.1, -0.05) is 11.8 Å². The van der Waals surface area contributed by atoms with Crippen molar-refractivity contribution < 1.29 is 22.7 Å². The first-order chi connectivity index (χ1) is 14.0. The van der Waals surface area contributed by atoms with E-state index in [4.69, 9.17) is 4.74 Å². The smallest absolute Gasteiger partial charge is 0.408 e. The van der Waals surface area contributed by atoms with E-state index in [1.165, 1.54) is 24.5 Å². The number of hydrogen-bond acceptors (Lipinski definition) is 3. The van der Waals surface area contributed by atoms with E-state index in [2.05, 4.69) is 22.1 Å². The molecule has 2 heterocycles. The molecule has 0 aliphatic carbocycles. The third-order valence-corrected chi connectivity index (χ3v) is 4.39. The lowest BCUT2D eigenvalue weighted by molar-refractivity contribution is 0.130. The number of nitrogens with one attached hydrogen (secondary N) is 1. The standard InChI is InChI=1S/C22H13F3N2O2/c23-16-5-3-13(4-6-16)1-2-14-9-15(12-26-11-14)20-21(29-22(28)27-20)18-10-17(24)7-8-19(18)25/h3-12,20-21H,(H,27,28). The van der Waals surface area contributed by atoms with E-state index >= 15 is 0 Å². The summed E-state index contributed by atoms with van der Waals surface area (Å²) in [4.78, 5) is 15.9. The van der Waals surface area contributed by atoms with Gasteiger partial charge >= 0.3 is 6.09 Å². The number of alkyl carbamates (subject to hydrolysis) is 1. The third kappa shape index (κ3) is 4.06. The second-order valence-electron chi connectivity index (χ2n) is 6.38. The Morgan fingerprint density at radius 2 is 1.62 bits per heavy atom. The fraction of sp³-hybridized carbons (Fsp3) is 0.0909. The summed E-state index contributed by atoms with van der Waals surface area (Å²) < 4.78 is 46.0. The zero-order valence-corrected chi connectivity index (χ0v) is 14.8. The molecule has 3 aromatic rings. The number of carbonyl (C=O) groups is 1. The quantitative estimate of drug-likeness (QED) is 0.655. The van der Waals surface area contributed by atoms with E-state index < -0.39 is 29.9 Å². The Labute approximate surface area is 164 Å². The number of benzene rings is 2. The number of halogens is 3. The molecule has 0 radical (unpaired) electrons. The Kier molecular flexibility index (Phi) is 4.92. The fourth-order valence-electron chi connectivity index (χ4n) is 3.03. The predicted octanol–water partition coefficient (Wildman–Crippen LogP) is 4.42. The highest BCUT2D eigenvalue weighted by Gasteiger charge is 2.38. The molecule has 1 fully saturated rings. The van der Waals surface area contributed by atoms with Crippen molar-refractivity contribution in [3.63, 3.8) is 0 Å². The predicted molar refractivity (Wildman–Crippen MR) is 98.1 cm³/mol. The number of nitrogens with zero attached hydrogens (tertiary/aromatic N) is 1. The van der Waals surface area contributed by atoms with Crippen LogP contribution in [-0.4, -0.2) is 11.1 Å². The average Bonchev–Trinajstić information content (AvgIpc) is 3.11. The van der Waals surface area contributed by atoms with Gasteiger partial charge < -0.3 is 10.1 Å². The van der Waals surface area contributed by atoms with Crippen molar-refractivity contribution in [3.8, 4) is 11.8 Å². The van der Waals surface area contributed by atoms with Crippen LogP contribution in [0.25, 0.3) is 0 Å². The summed E-state index contributed by atoms with van der Waals surface area (Å²) in [5, 5.41) is 2.59. The summed E-state index contributed by atoms with van der Waals surface area (Å²) in [6, 6.07) is 9.60. The van der Waals surface area contributed by atoms with Crippen LogP contribution in [0.5, 0.6) is 0 Å². The van der Waals surface area contributed by atoms with Gasteiger partial charge in [-0.05, 0) is 54.1 Å². The molecule has 0 bridgehead atoms. The minimum atomic E-state index is -1.06. The van der Waals surface area contributed by atoms with E-state index in [0.29, 0.717) is 16.7 Å². The van der Waals surface area contributed by atoms with Crippen LogP contribution in [0.3, 0.4) is 0 Å². The largest absolute Gasteiger partial charge is 0.439 e. The number of amides is 1. The Morgan fingerprint density at radius 3 is 2.41 bits per heavy atom. The maximum Gasteiger partial charge on any atom is 0.408 e. The van der Waals surface area contributed by atoms with Gasteiger partial charge in [0.2, 0.25) is 0 Å². The van der Waals surface area contributed by atoms with Gasteiger partial charge in [0.25, 0.3) is 0 Å². The number of hydrogen-bond donors (Lipinski definition) is 1. The molecule has 7 heteroatoms. The number of aromatic nitrogens is 1. The highest BCUT2D eigenvalue weighted by atomic mass is 19.1. The SMILES string of the molecule is O=C1NC(c2cncc(C#Cc3ccc(F)cc3)c2)C(c2cc(F)ccc2F)O1. The van der Waals surface area contributed by atoms with Crippen molar-refractivity contribution in [1.82, 2.24) is 10.3 Å². The zero-order chi connectivity index (χ0) is 20.4. The molecule has 1 aliphatic rings. The Hall–Kier alpha value is -3.79. The van der Waals surface area contributed by atoms with Crippen LogP contribution in [0.15, 0.2) is 60.9 Å². The zero-order valence-electron chi connectivity index (χ0n) is 14.8. The van der Waals surface area contributed by atoms with Crippen LogP contribution >= 0.6 is 0 Å². The summed E-state index contributed by atoms with van der Waals surface area (Å²) in [7, 11) is 0. The minimum Gasteiger partial charge on any atom is -0.439 e. The Balaban J connectivity index is 1.65. The highest BCUT2D eigenvalue weighted by Crippen LogP contribution is 2.37. The van der Waals surface area contributed by atoms with E-state index in [-0.39, 0.29) is 11.4 Å². The average molecular weight is 394 g/mol. The molecule has 2 unspecified atom stereocenters. The monoisotopic (exact) mass is 394 g/mol. The maximum absolute atomic E-state index is 14.2. The van der Waals surface area contributed by atoms with Gasteiger partial charge in [0, 0.05) is 29.1 Å². The van der Waals surface area contributed by atoms with E-state index in [1.807, 2.05) is 0 Å². The molecule has 29 heavy (non-hydrogen) atoms. The van der Waals surface area contributed by atoms with Gasteiger partial charge in [-0.15, -0.1) is 0 Å². The van der Waals surface area contributed by atoms with Crippen LogP contribution in [-0.2, 0) is 4.74 Å². The highest BCUT2D eigenvalue weighted by molar-refractivity contribution is 5.71. The van der Waals surface area contributed by atoms with Crippen molar-refractivity contribution in [3.05, 3.63) is 101 Å². The van der Waals surface area contributed by atoms with Crippen LogP contribution in [0.1, 0.15) is 34.4 Å². The second kappa shape index (κ2) is 7.68. The minimum absolute atomic E-state index is 0.0730. The van der Waals surface area contributed by atoms with Crippen molar-refractivity contribution >= 4 is 6.09 Å². The number of cyclic esters (lactones) is 1. The molecule has 1 amide bonds. The van der Waals surface area contributed by atoms with Crippen LogP contribution in [0.4, 0.5) is 18.0 Å². The molecule has 1 N–H and O–H groups in total. The first-order valence-electron chi connectivity index (χ1n) is 8.64. The maximum atomic E-state index is 14.2. The number of ether oxygens (including phenoxy) is 1. The number of carbonyl (C=O) groups excluding carboxylic acids is 1. The van der Waals surface area contributed by atoms with Gasteiger partial charge in [0.05, 0.1) is 0 Å². The van der Waals surface area contributed by atoms with Crippen molar-refractivity contribution in [2.45, 2.75) is 12.1 Å². The molecule has 1 saturated heterocycles. The van der Waals surface area contributed by atoms with Crippen LogP contribution in [0.2, 0.25) is 0 Å².